The van der Waals surface area contributed by atoms with Crippen molar-refractivity contribution >= 4 is 5.91 Å². The maximum absolute atomic E-state index is 11.2. The summed E-state index contributed by atoms with van der Waals surface area (Å²) < 4.78 is 0. The Balaban J connectivity index is 2.42. The number of rotatable bonds is 3. The van der Waals surface area contributed by atoms with Gasteiger partial charge in [0, 0.05) is 12.3 Å². The third-order valence-corrected chi connectivity index (χ3v) is 1.51. The number of nitrogens with zero attached hydrogens (tertiary/aromatic N) is 2. The molecule has 0 fully saturated rings. The third-order valence-electron chi connectivity index (χ3n) is 1.51. The van der Waals surface area contributed by atoms with E-state index in [-0.39, 0.29) is 5.91 Å². The SMILES string of the molecule is CC(C)=CC(=O)NCc1ccncn1. The molecule has 0 atom stereocenters. The molecule has 4 heteroatoms. The van der Waals surface area contributed by atoms with Crippen LogP contribution in [0.2, 0.25) is 0 Å². The van der Waals surface area contributed by atoms with Crippen molar-refractivity contribution in [1.29, 1.82) is 0 Å². The van der Waals surface area contributed by atoms with Gasteiger partial charge in [0.25, 0.3) is 0 Å². The summed E-state index contributed by atoms with van der Waals surface area (Å²) >= 11 is 0. The van der Waals surface area contributed by atoms with E-state index in [4.69, 9.17) is 0 Å². The fraction of sp³-hybridized carbons (Fsp3) is 0.300. The zero-order valence-corrected chi connectivity index (χ0v) is 8.32. The van der Waals surface area contributed by atoms with Crippen molar-refractivity contribution in [2.45, 2.75) is 20.4 Å². The first-order valence-electron chi connectivity index (χ1n) is 4.36. The second-order valence-electron chi connectivity index (χ2n) is 3.14. The number of nitrogens with one attached hydrogen (secondary N) is 1. The Bertz CT molecular complexity index is 328. The third kappa shape index (κ3) is 3.80. The lowest BCUT2D eigenvalue weighted by atomic mass is 10.3. The molecule has 0 bridgehead atoms. The number of hydrogen-bond donors (Lipinski definition) is 1. The molecule has 0 aliphatic heterocycles. The number of aromatic nitrogens is 2. The molecular weight excluding hydrogens is 178 g/mol. The minimum Gasteiger partial charge on any atom is -0.347 e. The van der Waals surface area contributed by atoms with E-state index < -0.39 is 0 Å². The largest absolute Gasteiger partial charge is 0.347 e. The summed E-state index contributed by atoms with van der Waals surface area (Å²) in [6, 6.07) is 1.77. The van der Waals surface area contributed by atoms with E-state index in [0.717, 1.165) is 11.3 Å². The fourth-order valence-electron chi connectivity index (χ4n) is 0.914. The fourth-order valence-corrected chi connectivity index (χ4v) is 0.914. The lowest BCUT2D eigenvalue weighted by molar-refractivity contribution is -0.116. The molecule has 0 aromatic carbocycles. The van der Waals surface area contributed by atoms with E-state index in [1.54, 1.807) is 18.3 Å². The van der Waals surface area contributed by atoms with Gasteiger partial charge in [-0.1, -0.05) is 5.57 Å². The van der Waals surface area contributed by atoms with Crippen LogP contribution in [0, 0.1) is 0 Å². The van der Waals surface area contributed by atoms with Gasteiger partial charge in [-0.15, -0.1) is 0 Å². The Labute approximate surface area is 83.1 Å². The molecule has 4 nitrogen and oxygen atoms in total. The molecule has 0 radical (unpaired) electrons. The Morgan fingerprint density at radius 1 is 1.57 bits per heavy atom. The zero-order chi connectivity index (χ0) is 10.4. The van der Waals surface area contributed by atoms with Crippen molar-refractivity contribution in [3.63, 3.8) is 0 Å². The second kappa shape index (κ2) is 5.11. The Hall–Kier alpha value is -1.71. The highest BCUT2D eigenvalue weighted by atomic mass is 16.1. The standard InChI is InChI=1S/C10H13N3O/c1-8(2)5-10(14)12-6-9-3-4-11-7-13-9/h3-5,7H,6H2,1-2H3,(H,12,14). The Kier molecular flexibility index (Phi) is 3.79. The minimum atomic E-state index is -0.0939. The van der Waals surface area contributed by atoms with E-state index in [1.165, 1.54) is 6.33 Å². The summed E-state index contributed by atoms with van der Waals surface area (Å²) in [5.41, 5.74) is 1.78. The monoisotopic (exact) mass is 191 g/mol. The number of allylic oxidation sites excluding steroid dienone is 1. The molecule has 0 spiro atoms. The zero-order valence-electron chi connectivity index (χ0n) is 8.32. The molecule has 0 saturated heterocycles. The summed E-state index contributed by atoms with van der Waals surface area (Å²) in [6.45, 7) is 4.19. The molecular formula is C10H13N3O. The van der Waals surface area contributed by atoms with Gasteiger partial charge in [-0.3, -0.25) is 4.79 Å². The summed E-state index contributed by atoms with van der Waals surface area (Å²) in [6.07, 6.45) is 4.67. The summed E-state index contributed by atoms with van der Waals surface area (Å²) in [4.78, 5) is 19.0. The van der Waals surface area contributed by atoms with Gasteiger partial charge in [-0.25, -0.2) is 9.97 Å². The predicted molar refractivity (Wildman–Crippen MR) is 53.3 cm³/mol. The quantitative estimate of drug-likeness (QED) is 0.727. The van der Waals surface area contributed by atoms with Crippen LogP contribution in [-0.4, -0.2) is 15.9 Å². The average molecular weight is 191 g/mol. The van der Waals surface area contributed by atoms with Crippen LogP contribution in [0.4, 0.5) is 0 Å². The van der Waals surface area contributed by atoms with Crippen molar-refractivity contribution in [3.8, 4) is 0 Å². The lowest BCUT2D eigenvalue weighted by Gasteiger charge is -2.00. The highest BCUT2D eigenvalue weighted by molar-refractivity contribution is 5.87. The molecule has 0 saturated carbocycles. The van der Waals surface area contributed by atoms with Gasteiger partial charge in [-0.05, 0) is 19.9 Å². The first kappa shape index (κ1) is 10.4. The van der Waals surface area contributed by atoms with Gasteiger partial charge in [0.1, 0.15) is 6.33 Å². The second-order valence-corrected chi connectivity index (χ2v) is 3.14. The molecule has 1 aromatic rings. The van der Waals surface area contributed by atoms with Crippen LogP contribution in [0.25, 0.3) is 0 Å². The molecule has 0 unspecified atom stereocenters. The van der Waals surface area contributed by atoms with Gasteiger partial charge in [0.15, 0.2) is 0 Å². The molecule has 1 amide bonds. The van der Waals surface area contributed by atoms with Crippen LogP contribution in [0.3, 0.4) is 0 Å². The van der Waals surface area contributed by atoms with Crippen molar-refractivity contribution in [2.24, 2.45) is 0 Å². The van der Waals surface area contributed by atoms with Gasteiger partial charge in [-0.2, -0.15) is 0 Å². The molecule has 14 heavy (non-hydrogen) atoms. The summed E-state index contributed by atoms with van der Waals surface area (Å²) in [5, 5.41) is 2.72. The molecule has 1 heterocycles. The highest BCUT2D eigenvalue weighted by Crippen LogP contribution is 1.91. The number of amides is 1. The van der Waals surface area contributed by atoms with Crippen LogP contribution >= 0.6 is 0 Å². The average Bonchev–Trinajstić information content (AvgIpc) is 2.15. The van der Waals surface area contributed by atoms with Crippen LogP contribution in [0.5, 0.6) is 0 Å². The maximum Gasteiger partial charge on any atom is 0.244 e. The van der Waals surface area contributed by atoms with Crippen LogP contribution < -0.4 is 5.32 Å². The topological polar surface area (TPSA) is 54.9 Å². The smallest absolute Gasteiger partial charge is 0.244 e. The summed E-state index contributed by atoms with van der Waals surface area (Å²) in [7, 11) is 0. The molecule has 1 aromatic heterocycles. The van der Waals surface area contributed by atoms with Crippen molar-refractivity contribution < 1.29 is 4.79 Å². The van der Waals surface area contributed by atoms with Crippen LogP contribution in [-0.2, 0) is 11.3 Å². The van der Waals surface area contributed by atoms with Crippen LogP contribution in [0.15, 0.2) is 30.2 Å². The summed E-state index contributed by atoms with van der Waals surface area (Å²) in [5.74, 6) is -0.0939. The van der Waals surface area contributed by atoms with Crippen molar-refractivity contribution in [1.82, 2.24) is 15.3 Å². The van der Waals surface area contributed by atoms with Crippen LogP contribution in [0.1, 0.15) is 19.5 Å². The van der Waals surface area contributed by atoms with E-state index in [1.807, 2.05) is 13.8 Å². The van der Waals surface area contributed by atoms with E-state index >= 15 is 0 Å². The van der Waals surface area contributed by atoms with Gasteiger partial charge in [0.05, 0.1) is 12.2 Å². The molecule has 74 valence electrons. The van der Waals surface area contributed by atoms with E-state index in [9.17, 15) is 4.79 Å². The number of hydrogen-bond acceptors (Lipinski definition) is 3. The highest BCUT2D eigenvalue weighted by Gasteiger charge is 1.97. The van der Waals surface area contributed by atoms with E-state index in [2.05, 4.69) is 15.3 Å². The molecule has 0 aliphatic carbocycles. The minimum absolute atomic E-state index is 0.0939. The van der Waals surface area contributed by atoms with Crippen molar-refractivity contribution in [2.75, 3.05) is 0 Å². The van der Waals surface area contributed by atoms with E-state index in [0.29, 0.717) is 6.54 Å². The van der Waals surface area contributed by atoms with Gasteiger partial charge >= 0.3 is 0 Å². The normalized spacial score (nSPS) is 9.29. The van der Waals surface area contributed by atoms with Crippen molar-refractivity contribution in [3.05, 3.63) is 35.9 Å². The van der Waals surface area contributed by atoms with Gasteiger partial charge < -0.3 is 5.32 Å². The molecule has 0 aliphatic rings. The Morgan fingerprint density at radius 2 is 2.36 bits per heavy atom. The number of carbonyl (C=O) groups excluding carboxylic acids is 1. The lowest BCUT2D eigenvalue weighted by Crippen LogP contribution is -2.21. The molecule has 1 N–H and O–H groups in total. The Morgan fingerprint density at radius 3 is 2.93 bits per heavy atom. The first-order valence-corrected chi connectivity index (χ1v) is 4.36. The maximum atomic E-state index is 11.2. The molecule has 1 rings (SSSR count). The first-order chi connectivity index (χ1) is 6.68. The predicted octanol–water partition coefficient (Wildman–Crippen LogP) is 1.06. The number of carbonyl (C=O) groups is 1. The van der Waals surface area contributed by atoms with Gasteiger partial charge in [0.2, 0.25) is 5.91 Å².